The number of fused-ring (bicyclic) bond motifs is 1. The molecule has 214 valence electrons. The molecule has 0 radical (unpaired) electrons. The molecule has 1 aliphatic rings. The molecule has 0 aliphatic carbocycles. The maximum Gasteiger partial charge on any atom is 0.343 e. The standard InChI is InChI=1S/C27H23Br2N3O9/c1-36-21-8-15(9-22(37-2)25(21)38-3)26(34)30-12-23(33)32-31-11-16-6-17(28)10-18(29)24(16)41-27(35)14-4-5-19-20(7-14)40-13-39-19/h4-11H,12-13H2,1-3H3,(H,30,34)(H,32,33)/b31-11-. The van der Waals surface area contributed by atoms with Gasteiger partial charge in [-0.3, -0.25) is 9.59 Å². The Morgan fingerprint density at radius 1 is 0.902 bits per heavy atom. The van der Waals surface area contributed by atoms with Gasteiger partial charge >= 0.3 is 5.97 Å². The van der Waals surface area contributed by atoms with E-state index in [1.54, 1.807) is 24.3 Å². The molecule has 0 saturated carbocycles. The fourth-order valence-corrected chi connectivity index (χ4v) is 4.99. The van der Waals surface area contributed by atoms with Crippen LogP contribution in [0, 0.1) is 0 Å². The maximum atomic E-state index is 12.8. The van der Waals surface area contributed by atoms with Crippen LogP contribution in [0.1, 0.15) is 26.3 Å². The summed E-state index contributed by atoms with van der Waals surface area (Å²) < 4.78 is 33.1. The lowest BCUT2D eigenvalue weighted by molar-refractivity contribution is -0.120. The monoisotopic (exact) mass is 691 g/mol. The van der Waals surface area contributed by atoms with E-state index in [-0.39, 0.29) is 30.2 Å². The number of carbonyl (C=O) groups excluding carboxylic acids is 3. The van der Waals surface area contributed by atoms with Crippen LogP contribution in [0.25, 0.3) is 0 Å². The highest BCUT2D eigenvalue weighted by atomic mass is 79.9. The van der Waals surface area contributed by atoms with E-state index in [0.29, 0.717) is 43.3 Å². The van der Waals surface area contributed by atoms with Gasteiger partial charge in [-0.25, -0.2) is 10.2 Å². The molecule has 3 aromatic rings. The molecule has 1 aliphatic heterocycles. The zero-order chi connectivity index (χ0) is 29.5. The molecule has 0 saturated heterocycles. The Morgan fingerprint density at radius 2 is 1.61 bits per heavy atom. The first-order valence-corrected chi connectivity index (χ1v) is 13.3. The Hall–Kier alpha value is -4.30. The summed E-state index contributed by atoms with van der Waals surface area (Å²) in [7, 11) is 4.31. The summed E-state index contributed by atoms with van der Waals surface area (Å²) in [5, 5.41) is 6.44. The van der Waals surface area contributed by atoms with Crippen LogP contribution in [0.15, 0.2) is 56.5 Å². The highest BCUT2D eigenvalue weighted by molar-refractivity contribution is 9.11. The van der Waals surface area contributed by atoms with Crippen LogP contribution in [0.4, 0.5) is 0 Å². The molecule has 3 aromatic carbocycles. The van der Waals surface area contributed by atoms with E-state index in [9.17, 15) is 14.4 Å². The van der Waals surface area contributed by atoms with Gasteiger partial charge in [-0.15, -0.1) is 0 Å². The summed E-state index contributed by atoms with van der Waals surface area (Å²) in [6.45, 7) is -0.298. The number of halogens is 2. The Kier molecular flexibility index (Phi) is 9.68. The molecule has 14 heteroatoms. The van der Waals surface area contributed by atoms with Gasteiger partial charge in [-0.2, -0.15) is 5.10 Å². The first-order chi connectivity index (χ1) is 19.7. The van der Waals surface area contributed by atoms with Gasteiger partial charge in [0, 0.05) is 15.6 Å². The largest absolute Gasteiger partial charge is 0.493 e. The third-order valence-corrected chi connectivity index (χ3v) is 6.62. The zero-order valence-electron chi connectivity index (χ0n) is 21.9. The van der Waals surface area contributed by atoms with E-state index in [2.05, 4.69) is 47.7 Å². The van der Waals surface area contributed by atoms with Crippen molar-refractivity contribution in [2.24, 2.45) is 5.10 Å². The quantitative estimate of drug-likeness (QED) is 0.139. The minimum absolute atomic E-state index is 0.0765. The topological polar surface area (TPSA) is 143 Å². The van der Waals surface area contributed by atoms with Crippen molar-refractivity contribution in [1.82, 2.24) is 10.7 Å². The third-order valence-electron chi connectivity index (χ3n) is 5.57. The summed E-state index contributed by atoms with van der Waals surface area (Å²) in [6, 6.07) is 11.0. The zero-order valence-corrected chi connectivity index (χ0v) is 25.1. The normalized spacial score (nSPS) is 11.6. The van der Waals surface area contributed by atoms with Crippen molar-refractivity contribution in [3.8, 4) is 34.5 Å². The van der Waals surface area contributed by atoms with Crippen molar-refractivity contribution in [1.29, 1.82) is 0 Å². The smallest absolute Gasteiger partial charge is 0.343 e. The summed E-state index contributed by atoms with van der Waals surface area (Å²) in [6.07, 6.45) is 1.30. The van der Waals surface area contributed by atoms with E-state index >= 15 is 0 Å². The number of hydrogen-bond donors (Lipinski definition) is 2. The van der Waals surface area contributed by atoms with E-state index in [1.165, 1.54) is 45.7 Å². The minimum atomic E-state index is -0.639. The van der Waals surface area contributed by atoms with Gasteiger partial charge in [0.25, 0.3) is 11.8 Å². The number of methoxy groups -OCH3 is 3. The van der Waals surface area contributed by atoms with Gasteiger partial charge in [0.15, 0.2) is 28.7 Å². The average Bonchev–Trinajstić information content (AvgIpc) is 3.44. The van der Waals surface area contributed by atoms with Crippen molar-refractivity contribution >= 4 is 55.9 Å². The highest BCUT2D eigenvalue weighted by Crippen LogP contribution is 2.38. The fraction of sp³-hybridized carbons (Fsp3) is 0.185. The lowest BCUT2D eigenvalue weighted by Crippen LogP contribution is -2.35. The summed E-state index contributed by atoms with van der Waals surface area (Å²) in [5.41, 5.74) is 3.15. The van der Waals surface area contributed by atoms with E-state index in [4.69, 9.17) is 28.4 Å². The molecule has 1 heterocycles. The molecule has 0 atom stereocenters. The molecule has 4 rings (SSSR count). The molecule has 2 N–H and O–H groups in total. The summed E-state index contributed by atoms with van der Waals surface area (Å²) in [5.74, 6) is 0.281. The maximum absolute atomic E-state index is 12.8. The lowest BCUT2D eigenvalue weighted by Gasteiger charge is -2.14. The van der Waals surface area contributed by atoms with Gasteiger partial charge in [0.2, 0.25) is 12.5 Å². The van der Waals surface area contributed by atoms with Gasteiger partial charge in [0.1, 0.15) is 0 Å². The molecule has 0 bridgehead atoms. The van der Waals surface area contributed by atoms with Gasteiger partial charge < -0.3 is 33.7 Å². The van der Waals surface area contributed by atoms with Gasteiger partial charge in [-0.05, 0) is 58.4 Å². The number of hydrogen-bond acceptors (Lipinski definition) is 10. The number of ether oxygens (including phenoxy) is 6. The van der Waals surface area contributed by atoms with Crippen molar-refractivity contribution in [2.75, 3.05) is 34.7 Å². The fourth-order valence-electron chi connectivity index (χ4n) is 3.65. The van der Waals surface area contributed by atoms with Crippen molar-refractivity contribution in [2.45, 2.75) is 0 Å². The SMILES string of the molecule is COc1cc(C(=O)NCC(=O)N/N=C\c2cc(Br)cc(Br)c2OC(=O)c2ccc3c(c2)OCO3)cc(OC)c1OC. The lowest BCUT2D eigenvalue weighted by atomic mass is 10.1. The average molecular weight is 693 g/mol. The summed E-state index contributed by atoms with van der Waals surface area (Å²) in [4.78, 5) is 37.8. The number of benzene rings is 3. The van der Waals surface area contributed by atoms with Crippen LogP contribution in [0.3, 0.4) is 0 Å². The molecule has 12 nitrogen and oxygen atoms in total. The van der Waals surface area contributed by atoms with E-state index < -0.39 is 17.8 Å². The van der Waals surface area contributed by atoms with E-state index in [1.807, 2.05) is 0 Å². The Labute approximate surface area is 251 Å². The Balaban J connectivity index is 1.40. The molecule has 0 aromatic heterocycles. The number of amides is 2. The Morgan fingerprint density at radius 3 is 2.29 bits per heavy atom. The predicted molar refractivity (Wildman–Crippen MR) is 154 cm³/mol. The molecular formula is C27H23Br2N3O9. The first kappa shape index (κ1) is 29.7. The first-order valence-electron chi connectivity index (χ1n) is 11.7. The molecule has 0 spiro atoms. The molecule has 41 heavy (non-hydrogen) atoms. The molecule has 0 fully saturated rings. The highest BCUT2D eigenvalue weighted by Gasteiger charge is 2.20. The van der Waals surface area contributed by atoms with Gasteiger partial charge in [0.05, 0.1) is 44.1 Å². The van der Waals surface area contributed by atoms with Crippen molar-refractivity contribution in [3.05, 3.63) is 68.1 Å². The van der Waals surface area contributed by atoms with Crippen LogP contribution < -0.4 is 39.2 Å². The van der Waals surface area contributed by atoms with E-state index in [0.717, 1.165) is 0 Å². The van der Waals surface area contributed by atoms with Crippen LogP contribution in [-0.2, 0) is 4.79 Å². The molecule has 2 amide bonds. The molecule has 0 unspecified atom stereocenters. The van der Waals surface area contributed by atoms with Crippen LogP contribution >= 0.6 is 31.9 Å². The number of esters is 1. The second-order valence-electron chi connectivity index (χ2n) is 8.15. The number of carbonyl (C=O) groups is 3. The number of nitrogens with one attached hydrogen (secondary N) is 2. The van der Waals surface area contributed by atoms with Crippen molar-refractivity contribution < 1.29 is 42.8 Å². The number of hydrazone groups is 1. The molecular weight excluding hydrogens is 670 g/mol. The van der Waals surface area contributed by atoms with Crippen LogP contribution in [0.5, 0.6) is 34.5 Å². The van der Waals surface area contributed by atoms with Crippen LogP contribution in [0.2, 0.25) is 0 Å². The van der Waals surface area contributed by atoms with Crippen molar-refractivity contribution in [3.63, 3.8) is 0 Å². The van der Waals surface area contributed by atoms with Gasteiger partial charge in [-0.1, -0.05) is 15.9 Å². The second kappa shape index (κ2) is 13.4. The summed E-state index contributed by atoms with van der Waals surface area (Å²) >= 11 is 6.77. The second-order valence-corrected chi connectivity index (χ2v) is 9.92. The van der Waals surface area contributed by atoms with Crippen LogP contribution in [-0.4, -0.2) is 58.7 Å². The third kappa shape index (κ3) is 7.08. The number of nitrogens with zero attached hydrogens (tertiary/aromatic N) is 1. The number of rotatable bonds is 10. The predicted octanol–water partition coefficient (Wildman–Crippen LogP) is 4.07. The Bertz CT molecular complexity index is 1500. The minimum Gasteiger partial charge on any atom is -0.493 e.